The molecule has 4 heterocycles. The molecule has 0 aliphatic heterocycles. The van der Waals surface area contributed by atoms with Crippen LogP contribution in [0.2, 0.25) is 0 Å². The maximum absolute atomic E-state index is 4.70. The summed E-state index contributed by atoms with van der Waals surface area (Å²) in [6.07, 6.45) is 6.09. The summed E-state index contributed by atoms with van der Waals surface area (Å²) in [5, 5.41) is 7.69. The second-order valence-electron chi connectivity index (χ2n) is 6.52. The Hall–Kier alpha value is -2.61. The van der Waals surface area contributed by atoms with Gasteiger partial charge in [0, 0.05) is 31.6 Å². The van der Waals surface area contributed by atoms with Crippen LogP contribution in [0.4, 0.5) is 0 Å². The number of fused-ring (bicyclic) bond motifs is 1. The van der Waals surface area contributed by atoms with Gasteiger partial charge in [-0.15, -0.1) is 11.3 Å². The van der Waals surface area contributed by atoms with Crippen molar-refractivity contribution in [2.75, 3.05) is 0 Å². The van der Waals surface area contributed by atoms with Crippen molar-refractivity contribution in [2.24, 2.45) is 14.1 Å². The van der Waals surface area contributed by atoms with E-state index in [1.54, 1.807) is 23.7 Å². The minimum Gasteiger partial charge on any atom is -0.315 e. The summed E-state index contributed by atoms with van der Waals surface area (Å²) >= 11 is 1.67. The molecule has 0 bridgehead atoms. The van der Waals surface area contributed by atoms with Crippen LogP contribution in [0.5, 0.6) is 0 Å². The zero-order chi connectivity index (χ0) is 18.3. The van der Waals surface area contributed by atoms with E-state index in [0.29, 0.717) is 11.6 Å². The molecule has 0 saturated heterocycles. The molecule has 7 nitrogen and oxygen atoms in total. The van der Waals surface area contributed by atoms with Crippen molar-refractivity contribution in [1.82, 2.24) is 34.3 Å². The van der Waals surface area contributed by atoms with Crippen LogP contribution in [0.15, 0.2) is 23.8 Å². The van der Waals surface area contributed by atoms with Gasteiger partial charge in [0.05, 0.1) is 22.6 Å². The van der Waals surface area contributed by atoms with Gasteiger partial charge in [-0.1, -0.05) is 0 Å². The summed E-state index contributed by atoms with van der Waals surface area (Å²) in [4.78, 5) is 17.4. The van der Waals surface area contributed by atoms with Crippen LogP contribution in [0.1, 0.15) is 35.3 Å². The van der Waals surface area contributed by atoms with Gasteiger partial charge in [0.2, 0.25) is 0 Å². The highest BCUT2D eigenvalue weighted by atomic mass is 32.1. The molecule has 5 rings (SSSR count). The molecule has 0 unspecified atom stereocenters. The van der Waals surface area contributed by atoms with Crippen LogP contribution in [0.25, 0.3) is 22.7 Å². The Morgan fingerprint density at radius 1 is 1.12 bits per heavy atom. The largest absolute Gasteiger partial charge is 0.315 e. The first-order valence-corrected chi connectivity index (χ1v) is 9.47. The van der Waals surface area contributed by atoms with Crippen molar-refractivity contribution < 1.29 is 0 Å². The number of nitrogens with zero attached hydrogens (tertiary/aromatic N) is 7. The molecule has 1 aliphatic carbocycles. The summed E-state index contributed by atoms with van der Waals surface area (Å²) in [5.74, 6) is 1.56. The number of hydrogen-bond donors (Lipinski definition) is 0. The van der Waals surface area contributed by atoms with Crippen LogP contribution < -0.4 is 0 Å². The van der Waals surface area contributed by atoms with Crippen molar-refractivity contribution >= 4 is 22.6 Å². The van der Waals surface area contributed by atoms with Gasteiger partial charge in [-0.05, 0) is 32.8 Å². The monoisotopic (exact) mass is 367 g/mol. The Morgan fingerprint density at radius 3 is 2.54 bits per heavy atom. The Morgan fingerprint density at radius 2 is 1.92 bits per heavy atom. The Balaban J connectivity index is 0.000000240. The van der Waals surface area contributed by atoms with Crippen molar-refractivity contribution in [2.45, 2.75) is 32.6 Å². The average molecular weight is 367 g/mol. The fourth-order valence-corrected chi connectivity index (χ4v) is 3.22. The van der Waals surface area contributed by atoms with Crippen molar-refractivity contribution in [3.8, 4) is 11.4 Å². The van der Waals surface area contributed by atoms with Gasteiger partial charge in [-0.2, -0.15) is 5.10 Å². The summed E-state index contributed by atoms with van der Waals surface area (Å²) in [5.41, 5.74) is 4.54. The predicted octanol–water partition coefficient (Wildman–Crippen LogP) is 3.40. The maximum Gasteiger partial charge on any atom is 0.197 e. The molecular formula is C18H21N7S. The van der Waals surface area contributed by atoms with Gasteiger partial charge in [0.15, 0.2) is 11.3 Å². The van der Waals surface area contributed by atoms with Crippen molar-refractivity contribution in [3.05, 3.63) is 40.4 Å². The van der Waals surface area contributed by atoms with Gasteiger partial charge in [-0.3, -0.25) is 9.67 Å². The van der Waals surface area contributed by atoms with Crippen LogP contribution in [0.3, 0.4) is 0 Å². The van der Waals surface area contributed by atoms with E-state index in [9.17, 15) is 0 Å². The molecular weight excluding hydrogens is 346 g/mol. The quantitative estimate of drug-likeness (QED) is 0.543. The number of hydrogen-bond acceptors (Lipinski definition) is 6. The van der Waals surface area contributed by atoms with Crippen LogP contribution >= 0.6 is 11.3 Å². The molecule has 0 spiro atoms. The second kappa shape index (κ2) is 6.60. The summed E-state index contributed by atoms with van der Waals surface area (Å²) in [7, 11) is 3.92. The number of thiazole rings is 1. The molecule has 8 heteroatoms. The van der Waals surface area contributed by atoms with Gasteiger partial charge in [0.25, 0.3) is 0 Å². The Kier molecular flexibility index (Phi) is 4.28. The van der Waals surface area contributed by atoms with Crippen LogP contribution in [-0.2, 0) is 14.1 Å². The Labute approximate surface area is 155 Å². The minimum absolute atomic E-state index is 0.644. The molecule has 0 amide bonds. The number of rotatable bonds is 2. The predicted molar refractivity (Wildman–Crippen MR) is 102 cm³/mol. The molecule has 0 radical (unpaired) electrons. The second-order valence-corrected chi connectivity index (χ2v) is 7.62. The maximum atomic E-state index is 4.70. The number of imidazole rings is 1. The number of aromatic nitrogens is 7. The molecule has 26 heavy (non-hydrogen) atoms. The highest BCUT2D eigenvalue weighted by Crippen LogP contribution is 2.40. The van der Waals surface area contributed by atoms with E-state index in [1.165, 1.54) is 18.5 Å². The van der Waals surface area contributed by atoms with Crippen molar-refractivity contribution in [1.29, 1.82) is 0 Å². The third kappa shape index (κ3) is 3.24. The van der Waals surface area contributed by atoms with E-state index in [-0.39, 0.29) is 0 Å². The first-order chi connectivity index (χ1) is 12.5. The van der Waals surface area contributed by atoms with Crippen LogP contribution in [0, 0.1) is 13.8 Å². The summed E-state index contributed by atoms with van der Waals surface area (Å²) in [6.45, 7) is 3.95. The molecule has 134 valence electrons. The lowest BCUT2D eigenvalue weighted by Gasteiger charge is -2.01. The third-order valence-electron chi connectivity index (χ3n) is 4.52. The van der Waals surface area contributed by atoms with E-state index in [1.807, 2.05) is 42.6 Å². The topological polar surface area (TPSA) is 74.3 Å². The molecule has 4 aromatic heterocycles. The highest BCUT2D eigenvalue weighted by molar-refractivity contribution is 7.09. The van der Waals surface area contributed by atoms with Gasteiger partial charge in [-0.25, -0.2) is 15.0 Å². The lowest BCUT2D eigenvalue weighted by atomic mass is 10.2. The fraction of sp³-hybridized carbons (Fsp3) is 0.389. The highest BCUT2D eigenvalue weighted by Gasteiger charge is 2.27. The van der Waals surface area contributed by atoms with Gasteiger partial charge >= 0.3 is 0 Å². The van der Waals surface area contributed by atoms with E-state index >= 15 is 0 Å². The zero-order valence-electron chi connectivity index (χ0n) is 15.3. The first kappa shape index (κ1) is 16.8. The molecule has 1 aliphatic rings. The first-order valence-electron chi connectivity index (χ1n) is 8.59. The molecule has 1 fully saturated rings. The minimum atomic E-state index is 0.644. The number of aryl methyl sites for hydroxylation is 4. The fourth-order valence-electron chi connectivity index (χ4n) is 2.78. The van der Waals surface area contributed by atoms with E-state index < -0.39 is 0 Å². The van der Waals surface area contributed by atoms with Crippen molar-refractivity contribution in [3.63, 3.8) is 0 Å². The van der Waals surface area contributed by atoms with Crippen LogP contribution in [-0.4, -0.2) is 34.3 Å². The molecule has 4 aromatic rings. The smallest absolute Gasteiger partial charge is 0.197 e. The zero-order valence-corrected chi connectivity index (χ0v) is 16.2. The van der Waals surface area contributed by atoms with Gasteiger partial charge in [0.1, 0.15) is 11.5 Å². The molecule has 0 N–H and O–H groups in total. The lowest BCUT2D eigenvalue weighted by molar-refractivity contribution is 0.748. The molecule has 0 atom stereocenters. The molecule has 0 aromatic carbocycles. The standard InChI is InChI=1S/C14H16N6.C4H5NS/c1-8-16-13-14(19(8)2)17-11(7-15-13)12-6-10(9-4-5-9)18-20(12)3;1-4-5-2-3-6-4/h6-7,9H,4-5H2,1-3H3;2-3H,1H3. The lowest BCUT2D eigenvalue weighted by Crippen LogP contribution is -1.98. The third-order valence-corrected chi connectivity index (χ3v) is 5.22. The average Bonchev–Trinajstić information content (AvgIpc) is 3.14. The SMILES string of the molecule is Cc1nc2ncc(-c3cc(C4CC4)nn3C)nc2n1C.Cc1nccs1. The Bertz CT molecular complexity index is 1040. The molecule has 1 saturated carbocycles. The van der Waals surface area contributed by atoms with E-state index in [0.717, 1.165) is 27.9 Å². The normalized spacial score (nSPS) is 13.7. The summed E-state index contributed by atoms with van der Waals surface area (Å²) < 4.78 is 3.86. The van der Waals surface area contributed by atoms with E-state index in [4.69, 9.17) is 4.98 Å². The van der Waals surface area contributed by atoms with E-state index in [2.05, 4.69) is 26.1 Å². The van der Waals surface area contributed by atoms with Gasteiger partial charge < -0.3 is 4.57 Å². The summed E-state index contributed by atoms with van der Waals surface area (Å²) in [6, 6.07) is 2.14.